The largest absolute Gasteiger partial charge is 0.322 e. The van der Waals surface area contributed by atoms with E-state index in [1.165, 1.54) is 48.7 Å². The summed E-state index contributed by atoms with van der Waals surface area (Å²) in [7, 11) is 0. The highest BCUT2D eigenvalue weighted by atomic mass is 32.2. The zero-order valence-electron chi connectivity index (χ0n) is 14.5. The van der Waals surface area contributed by atoms with Gasteiger partial charge in [0.1, 0.15) is 32.7 Å². The summed E-state index contributed by atoms with van der Waals surface area (Å²) in [6, 6.07) is 19.7. The Bertz CT molecular complexity index is 629. The van der Waals surface area contributed by atoms with Crippen LogP contribution in [0.5, 0.6) is 0 Å². The van der Waals surface area contributed by atoms with Crippen molar-refractivity contribution < 1.29 is 9.80 Å². The van der Waals surface area contributed by atoms with Crippen molar-refractivity contribution in [3.05, 3.63) is 71.8 Å². The molecule has 126 valence electrons. The van der Waals surface area contributed by atoms with Crippen molar-refractivity contribution in [2.24, 2.45) is 0 Å². The van der Waals surface area contributed by atoms with Gasteiger partial charge in [0.2, 0.25) is 0 Å². The van der Waals surface area contributed by atoms with Crippen molar-refractivity contribution in [1.82, 2.24) is 0 Å². The lowest BCUT2D eigenvalue weighted by Gasteiger charge is -2.29. The molecule has 0 bridgehead atoms. The van der Waals surface area contributed by atoms with Crippen molar-refractivity contribution in [3.8, 4) is 0 Å². The molecule has 1 saturated heterocycles. The predicted molar refractivity (Wildman–Crippen MR) is 104 cm³/mol. The molecule has 0 saturated carbocycles. The third-order valence-electron chi connectivity index (χ3n) is 4.79. The van der Waals surface area contributed by atoms with Gasteiger partial charge in [0, 0.05) is 10.5 Å². The number of thioether (sulfide) groups is 1. The molecule has 1 heterocycles. The number of hydrogen-bond acceptors (Lipinski definition) is 1. The van der Waals surface area contributed by atoms with Gasteiger partial charge in [0.15, 0.2) is 0 Å². The Labute approximate surface area is 150 Å². The van der Waals surface area contributed by atoms with Crippen LogP contribution in [-0.4, -0.2) is 39.0 Å². The van der Waals surface area contributed by atoms with Gasteiger partial charge in [0.25, 0.3) is 0 Å². The molecule has 3 rings (SSSR count). The molecule has 2 aromatic carbocycles. The van der Waals surface area contributed by atoms with Gasteiger partial charge in [-0.2, -0.15) is 0 Å². The predicted octanol–water partition coefficient (Wildman–Crippen LogP) is 1.41. The van der Waals surface area contributed by atoms with Crippen LogP contribution < -0.4 is 9.80 Å². The number of rotatable bonds is 6. The Morgan fingerprint density at radius 1 is 0.875 bits per heavy atom. The van der Waals surface area contributed by atoms with E-state index < -0.39 is 0 Å². The van der Waals surface area contributed by atoms with Crippen LogP contribution in [0.25, 0.3) is 6.08 Å². The smallest absolute Gasteiger partial charge is 0.127 e. The van der Waals surface area contributed by atoms with E-state index in [9.17, 15) is 0 Å². The lowest BCUT2D eigenvalue weighted by Crippen LogP contribution is -3.27. The van der Waals surface area contributed by atoms with Gasteiger partial charge in [0.05, 0.1) is 6.54 Å². The van der Waals surface area contributed by atoms with E-state index >= 15 is 0 Å². The molecule has 2 aromatic rings. The average Bonchev–Trinajstić information content (AvgIpc) is 2.65. The van der Waals surface area contributed by atoms with E-state index in [0.717, 1.165) is 6.54 Å². The molecular formula is C21H28N2S+2. The van der Waals surface area contributed by atoms with Crippen LogP contribution in [0.1, 0.15) is 11.1 Å². The van der Waals surface area contributed by atoms with Crippen LogP contribution >= 0.6 is 11.8 Å². The quantitative estimate of drug-likeness (QED) is 0.756. The van der Waals surface area contributed by atoms with Gasteiger partial charge in [-0.25, -0.2) is 0 Å². The maximum atomic E-state index is 2.33. The molecule has 0 aromatic heterocycles. The van der Waals surface area contributed by atoms with Crippen LogP contribution in [0.4, 0.5) is 0 Å². The van der Waals surface area contributed by atoms with E-state index in [4.69, 9.17) is 0 Å². The standard InChI is InChI=1S/C21H26N2S/c1-24-21-11-9-20(10-12-21)18-23-16-14-22(15-17-23)13-5-8-19-6-3-2-4-7-19/h2-12H,13-18H2,1H3/p+2/b8-5+. The Morgan fingerprint density at radius 2 is 1.54 bits per heavy atom. The van der Waals surface area contributed by atoms with Crippen LogP contribution in [0.3, 0.4) is 0 Å². The summed E-state index contributed by atoms with van der Waals surface area (Å²) in [5.41, 5.74) is 2.77. The third-order valence-corrected chi connectivity index (χ3v) is 5.54. The van der Waals surface area contributed by atoms with E-state index in [1.54, 1.807) is 9.80 Å². The number of hydrogen-bond donors (Lipinski definition) is 2. The first kappa shape index (κ1) is 17.3. The molecular weight excluding hydrogens is 312 g/mol. The lowest BCUT2D eigenvalue weighted by molar-refractivity contribution is -1.02. The van der Waals surface area contributed by atoms with E-state index in [0.29, 0.717) is 0 Å². The molecule has 1 aliphatic rings. The summed E-state index contributed by atoms with van der Waals surface area (Å²) in [6.07, 6.45) is 6.71. The van der Waals surface area contributed by atoms with Gasteiger partial charge in [-0.3, -0.25) is 0 Å². The first-order valence-corrected chi connectivity index (χ1v) is 10.1. The molecule has 0 spiro atoms. The summed E-state index contributed by atoms with van der Waals surface area (Å²) < 4.78 is 0. The SMILES string of the molecule is CSc1ccc(C[NH+]2CC[NH+](C/C=C/c3ccccc3)CC2)cc1. The highest BCUT2D eigenvalue weighted by Crippen LogP contribution is 2.14. The van der Waals surface area contributed by atoms with Crippen LogP contribution in [-0.2, 0) is 6.54 Å². The number of piperazine rings is 1. The van der Waals surface area contributed by atoms with Crippen molar-refractivity contribution in [3.63, 3.8) is 0 Å². The lowest BCUT2D eigenvalue weighted by atomic mass is 10.2. The number of nitrogens with one attached hydrogen (secondary N) is 2. The monoisotopic (exact) mass is 340 g/mol. The molecule has 1 aliphatic heterocycles. The van der Waals surface area contributed by atoms with Gasteiger partial charge in [-0.15, -0.1) is 11.8 Å². The third kappa shape index (κ3) is 5.23. The molecule has 0 atom stereocenters. The van der Waals surface area contributed by atoms with E-state index in [-0.39, 0.29) is 0 Å². The highest BCUT2D eigenvalue weighted by Gasteiger charge is 2.21. The van der Waals surface area contributed by atoms with Gasteiger partial charge < -0.3 is 9.80 Å². The fraction of sp³-hybridized carbons (Fsp3) is 0.333. The summed E-state index contributed by atoms with van der Waals surface area (Å²) in [5.74, 6) is 0. The van der Waals surface area contributed by atoms with Gasteiger partial charge >= 0.3 is 0 Å². The highest BCUT2D eigenvalue weighted by molar-refractivity contribution is 7.98. The average molecular weight is 341 g/mol. The van der Waals surface area contributed by atoms with Gasteiger partial charge in [-0.05, 0) is 30.0 Å². The Balaban J connectivity index is 1.41. The second-order valence-corrected chi connectivity index (χ2v) is 7.42. The number of benzene rings is 2. The van der Waals surface area contributed by atoms with Crippen LogP contribution in [0.2, 0.25) is 0 Å². The molecule has 1 fully saturated rings. The Morgan fingerprint density at radius 3 is 2.21 bits per heavy atom. The molecule has 0 unspecified atom stereocenters. The van der Waals surface area contributed by atoms with Crippen molar-refractivity contribution >= 4 is 17.8 Å². The van der Waals surface area contributed by atoms with Crippen LogP contribution in [0, 0.1) is 0 Å². The Kier molecular flexibility index (Phi) is 6.53. The molecule has 0 radical (unpaired) electrons. The summed E-state index contributed by atoms with van der Waals surface area (Å²) in [6.45, 7) is 7.42. The normalized spacial score (nSPS) is 21.2. The molecule has 24 heavy (non-hydrogen) atoms. The fourth-order valence-corrected chi connectivity index (χ4v) is 3.70. The fourth-order valence-electron chi connectivity index (χ4n) is 3.30. The zero-order chi connectivity index (χ0) is 16.6. The molecule has 0 aliphatic carbocycles. The van der Waals surface area contributed by atoms with Crippen molar-refractivity contribution in [1.29, 1.82) is 0 Å². The summed E-state index contributed by atoms with van der Waals surface area (Å²) >= 11 is 1.81. The first-order chi connectivity index (χ1) is 11.8. The second-order valence-electron chi connectivity index (χ2n) is 6.54. The van der Waals surface area contributed by atoms with E-state index in [1.807, 2.05) is 11.8 Å². The molecule has 3 heteroatoms. The topological polar surface area (TPSA) is 8.88 Å². The molecule has 2 nitrogen and oxygen atoms in total. The van der Waals surface area contributed by atoms with Gasteiger partial charge in [-0.1, -0.05) is 48.5 Å². The van der Waals surface area contributed by atoms with Crippen LogP contribution in [0.15, 0.2) is 65.6 Å². The number of quaternary nitrogens is 2. The van der Waals surface area contributed by atoms with Crippen molar-refractivity contribution in [2.75, 3.05) is 39.0 Å². The summed E-state index contributed by atoms with van der Waals surface area (Å²) in [4.78, 5) is 4.79. The van der Waals surface area contributed by atoms with Crippen molar-refractivity contribution in [2.45, 2.75) is 11.4 Å². The minimum absolute atomic E-state index is 1.14. The second kappa shape index (κ2) is 9.07. The summed E-state index contributed by atoms with van der Waals surface area (Å²) in [5, 5.41) is 0. The Hall–Kier alpha value is -1.55. The first-order valence-electron chi connectivity index (χ1n) is 8.85. The molecule has 2 N–H and O–H groups in total. The molecule has 0 amide bonds. The minimum atomic E-state index is 1.14. The maximum Gasteiger partial charge on any atom is 0.127 e. The zero-order valence-corrected chi connectivity index (χ0v) is 15.3. The minimum Gasteiger partial charge on any atom is -0.322 e. The van der Waals surface area contributed by atoms with E-state index in [2.05, 4.69) is 73.0 Å². The maximum absolute atomic E-state index is 2.33.